The maximum Gasteiger partial charge on any atom is 0.274 e. The highest BCUT2D eigenvalue weighted by Gasteiger charge is 2.55. The largest absolute Gasteiger partial charge is 0.492 e. The van der Waals surface area contributed by atoms with E-state index in [4.69, 9.17) is 9.94 Å². The number of amides is 1. The molecule has 3 N–H and O–H groups in total. The predicted octanol–water partition coefficient (Wildman–Crippen LogP) is 0.815. The molecule has 2 aliphatic heterocycles. The van der Waals surface area contributed by atoms with Gasteiger partial charge in [-0.25, -0.2) is 5.48 Å². The van der Waals surface area contributed by atoms with Crippen LogP contribution < -0.4 is 15.5 Å². The molecule has 1 saturated heterocycles. The number of aldehydes is 1. The Morgan fingerprint density at radius 2 is 2.36 bits per heavy atom. The average Bonchev–Trinajstić information content (AvgIpc) is 3.17. The molecular formula is C18H25N3O4. The van der Waals surface area contributed by atoms with Gasteiger partial charge in [-0.1, -0.05) is 6.07 Å². The lowest BCUT2D eigenvalue weighted by molar-refractivity contribution is -0.109. The summed E-state index contributed by atoms with van der Waals surface area (Å²) in [6.07, 6.45) is 3.48. The Morgan fingerprint density at radius 3 is 3.00 bits per heavy atom. The normalized spacial score (nSPS) is 27.4. The number of likely N-dealkylation sites (N-methyl/N-ethyl adjacent to an activating group) is 1. The fourth-order valence-corrected chi connectivity index (χ4v) is 3.53. The summed E-state index contributed by atoms with van der Waals surface area (Å²) in [5.74, 6) is 0.585. The van der Waals surface area contributed by atoms with Crippen molar-refractivity contribution in [1.29, 1.82) is 0 Å². The maximum atomic E-state index is 11.2. The lowest BCUT2D eigenvalue weighted by Crippen LogP contribution is -2.20. The van der Waals surface area contributed by atoms with Crippen LogP contribution in [0.1, 0.15) is 28.8 Å². The topological polar surface area (TPSA) is 90.9 Å². The number of hydrogen-bond acceptors (Lipinski definition) is 6. The predicted molar refractivity (Wildman–Crippen MR) is 91.6 cm³/mol. The van der Waals surface area contributed by atoms with Crippen LogP contribution in [-0.2, 0) is 11.3 Å². The molecule has 1 amide bonds. The first-order valence-corrected chi connectivity index (χ1v) is 8.63. The van der Waals surface area contributed by atoms with E-state index in [1.54, 1.807) is 17.6 Å². The first-order valence-electron chi connectivity index (χ1n) is 8.63. The second kappa shape index (κ2) is 7.51. The van der Waals surface area contributed by atoms with E-state index in [2.05, 4.69) is 10.2 Å². The van der Waals surface area contributed by atoms with Gasteiger partial charge in [0, 0.05) is 36.7 Å². The van der Waals surface area contributed by atoms with Crippen LogP contribution in [0.4, 0.5) is 0 Å². The van der Waals surface area contributed by atoms with E-state index in [0.29, 0.717) is 29.3 Å². The van der Waals surface area contributed by atoms with E-state index in [-0.39, 0.29) is 0 Å². The lowest BCUT2D eigenvalue weighted by atomic mass is 10.0. The molecule has 4 rings (SSSR count). The van der Waals surface area contributed by atoms with Crippen molar-refractivity contribution in [2.75, 3.05) is 33.3 Å². The Kier molecular flexibility index (Phi) is 5.36. The van der Waals surface area contributed by atoms with Crippen LogP contribution in [0.3, 0.4) is 0 Å². The smallest absolute Gasteiger partial charge is 0.274 e. The highest BCUT2D eigenvalue weighted by atomic mass is 16.5. The van der Waals surface area contributed by atoms with Crippen LogP contribution in [0.15, 0.2) is 18.2 Å². The summed E-state index contributed by atoms with van der Waals surface area (Å²) in [4.78, 5) is 23.7. The van der Waals surface area contributed by atoms with Gasteiger partial charge >= 0.3 is 0 Å². The molecule has 7 heteroatoms. The molecular weight excluding hydrogens is 322 g/mol. The molecule has 136 valence electrons. The number of benzene rings is 1. The number of rotatable bonds is 2. The van der Waals surface area contributed by atoms with Crippen molar-refractivity contribution in [3.05, 3.63) is 29.3 Å². The molecule has 7 nitrogen and oxygen atoms in total. The van der Waals surface area contributed by atoms with E-state index in [0.717, 1.165) is 44.4 Å². The Morgan fingerprint density at radius 1 is 1.52 bits per heavy atom. The molecule has 1 aliphatic carbocycles. The number of carbonyl (C=O) groups is 2. The van der Waals surface area contributed by atoms with Crippen LogP contribution in [0.5, 0.6) is 5.75 Å². The van der Waals surface area contributed by atoms with Gasteiger partial charge in [0.05, 0.1) is 0 Å². The van der Waals surface area contributed by atoms with Crippen molar-refractivity contribution in [3.8, 4) is 5.75 Å². The third-order valence-corrected chi connectivity index (χ3v) is 5.30. The fraction of sp³-hybridized carbons (Fsp3) is 0.556. The van der Waals surface area contributed by atoms with Crippen LogP contribution in [0.25, 0.3) is 0 Å². The van der Waals surface area contributed by atoms with Gasteiger partial charge in [0.25, 0.3) is 5.91 Å². The standard InChI is InChI=1S/C11H14N2O3.C7H11NO/c1-13-4-5-16-10-6-8(11(14)12-15)2-3-9(10)7-13;9-4-6-3-7(6)1-2-8-5-7/h2-3,6,15H,4-5,7H2,1H3,(H,12,14);4,6,8H,1-3,5H2. The van der Waals surface area contributed by atoms with E-state index in [9.17, 15) is 9.59 Å². The lowest BCUT2D eigenvalue weighted by Gasteiger charge is -2.11. The molecule has 2 heterocycles. The van der Waals surface area contributed by atoms with Gasteiger partial charge < -0.3 is 14.8 Å². The molecule has 1 aromatic rings. The number of nitrogens with zero attached hydrogens (tertiary/aromatic N) is 1. The number of hydrogen-bond donors (Lipinski definition) is 3. The minimum atomic E-state index is -0.524. The third kappa shape index (κ3) is 4.00. The van der Waals surface area contributed by atoms with Crippen LogP contribution in [-0.4, -0.2) is 55.6 Å². The summed E-state index contributed by atoms with van der Waals surface area (Å²) in [6.45, 7) is 4.46. The first kappa shape index (κ1) is 17.8. The zero-order chi connectivity index (χ0) is 17.9. The van der Waals surface area contributed by atoms with Crippen LogP contribution >= 0.6 is 0 Å². The van der Waals surface area contributed by atoms with Crippen molar-refractivity contribution in [2.45, 2.75) is 19.4 Å². The van der Waals surface area contributed by atoms with Crippen molar-refractivity contribution in [1.82, 2.24) is 15.7 Å². The number of carbonyl (C=O) groups excluding carboxylic acids is 2. The summed E-state index contributed by atoms with van der Waals surface area (Å²) in [5, 5.41) is 11.8. The fourth-order valence-electron chi connectivity index (χ4n) is 3.53. The average molecular weight is 347 g/mol. The molecule has 1 saturated carbocycles. The molecule has 1 aromatic carbocycles. The Balaban J connectivity index is 0.000000170. The molecule has 0 aromatic heterocycles. The molecule has 25 heavy (non-hydrogen) atoms. The molecule has 0 bridgehead atoms. The third-order valence-electron chi connectivity index (χ3n) is 5.30. The summed E-state index contributed by atoms with van der Waals surface area (Å²) in [7, 11) is 2.02. The second-order valence-corrected chi connectivity index (χ2v) is 7.09. The zero-order valence-electron chi connectivity index (χ0n) is 14.5. The van der Waals surface area contributed by atoms with Gasteiger partial charge in [0.1, 0.15) is 18.6 Å². The monoisotopic (exact) mass is 347 g/mol. The Bertz CT molecular complexity index is 643. The van der Waals surface area contributed by atoms with Crippen molar-refractivity contribution in [3.63, 3.8) is 0 Å². The van der Waals surface area contributed by atoms with E-state index >= 15 is 0 Å². The summed E-state index contributed by atoms with van der Waals surface area (Å²) in [5.41, 5.74) is 3.48. The van der Waals surface area contributed by atoms with Crippen molar-refractivity contribution < 1.29 is 19.5 Å². The number of nitrogens with one attached hydrogen (secondary N) is 2. The minimum Gasteiger partial charge on any atom is -0.492 e. The van der Waals surface area contributed by atoms with Gasteiger partial charge in [0.2, 0.25) is 0 Å². The van der Waals surface area contributed by atoms with Gasteiger partial charge in [-0.3, -0.25) is 14.9 Å². The molecule has 2 unspecified atom stereocenters. The van der Waals surface area contributed by atoms with Crippen LogP contribution in [0, 0.1) is 11.3 Å². The van der Waals surface area contributed by atoms with Gasteiger partial charge in [-0.05, 0) is 44.0 Å². The highest BCUT2D eigenvalue weighted by molar-refractivity contribution is 5.93. The number of ether oxygens (including phenoxy) is 1. The van der Waals surface area contributed by atoms with Gasteiger partial charge in [0.15, 0.2) is 0 Å². The van der Waals surface area contributed by atoms with Crippen molar-refractivity contribution in [2.24, 2.45) is 11.3 Å². The zero-order valence-corrected chi connectivity index (χ0v) is 14.5. The minimum absolute atomic E-state index is 0.394. The Labute approximate surface area is 147 Å². The number of hydroxylamine groups is 1. The summed E-state index contributed by atoms with van der Waals surface area (Å²) < 4.78 is 5.55. The van der Waals surface area contributed by atoms with Crippen molar-refractivity contribution >= 4 is 12.2 Å². The quantitative estimate of drug-likeness (QED) is 0.417. The number of fused-ring (bicyclic) bond motifs is 1. The molecule has 0 radical (unpaired) electrons. The molecule has 3 aliphatic rings. The van der Waals surface area contributed by atoms with E-state index in [1.807, 2.05) is 13.1 Å². The molecule has 2 atom stereocenters. The highest BCUT2D eigenvalue weighted by Crippen LogP contribution is 2.55. The first-order chi connectivity index (χ1) is 12.1. The summed E-state index contributed by atoms with van der Waals surface area (Å²) in [6, 6.07) is 5.18. The maximum absolute atomic E-state index is 11.2. The van der Waals surface area contributed by atoms with Crippen LogP contribution in [0.2, 0.25) is 0 Å². The van der Waals surface area contributed by atoms with E-state index < -0.39 is 5.91 Å². The van der Waals surface area contributed by atoms with E-state index in [1.165, 1.54) is 6.42 Å². The summed E-state index contributed by atoms with van der Waals surface area (Å²) >= 11 is 0. The SMILES string of the molecule is CN1CCOc2cc(C(=O)NO)ccc2C1.O=CC1CC12CCNC2. The molecule has 1 spiro atoms. The van der Waals surface area contributed by atoms with Gasteiger partial charge in [-0.2, -0.15) is 0 Å². The van der Waals surface area contributed by atoms with Gasteiger partial charge in [-0.15, -0.1) is 0 Å². The molecule has 2 fully saturated rings. The second-order valence-electron chi connectivity index (χ2n) is 7.09. The Hall–Kier alpha value is -1.96.